The molecule has 0 aliphatic carbocycles. The maximum Gasteiger partial charge on any atom is 0.323 e. The Morgan fingerprint density at radius 2 is 1.34 bits per heavy atom. The molecular formula is C28H36N10O6. The predicted octanol–water partition coefficient (Wildman–Crippen LogP) is -1.05. The number of hydrogen-bond acceptors (Lipinski definition) is 7. The van der Waals surface area contributed by atoms with Crippen LogP contribution >= 0.6 is 0 Å². The van der Waals surface area contributed by atoms with Gasteiger partial charge in [-0.05, 0) is 68.3 Å². The lowest BCUT2D eigenvalue weighted by atomic mass is 9.89. The second-order valence-corrected chi connectivity index (χ2v) is 10.1. The molecule has 1 fully saturated rings. The van der Waals surface area contributed by atoms with Crippen molar-refractivity contribution in [3.05, 3.63) is 59.7 Å². The Morgan fingerprint density at radius 3 is 1.82 bits per heavy atom. The molecule has 0 aromatic heterocycles. The summed E-state index contributed by atoms with van der Waals surface area (Å²) in [4.78, 5) is 73.7. The lowest BCUT2D eigenvalue weighted by Gasteiger charge is -2.47. The van der Waals surface area contributed by atoms with Gasteiger partial charge in [0.15, 0.2) is 11.9 Å². The molecule has 1 aliphatic rings. The van der Waals surface area contributed by atoms with E-state index in [1.807, 2.05) is 0 Å². The van der Waals surface area contributed by atoms with E-state index in [2.05, 4.69) is 20.6 Å². The van der Waals surface area contributed by atoms with E-state index in [1.54, 1.807) is 31.2 Å². The van der Waals surface area contributed by atoms with Crippen LogP contribution in [-0.2, 0) is 14.4 Å². The van der Waals surface area contributed by atoms with Gasteiger partial charge < -0.3 is 48.5 Å². The molecule has 1 aliphatic heterocycles. The minimum Gasteiger partial charge on any atom is -0.480 e. The third-order valence-corrected chi connectivity index (χ3v) is 6.87. The lowest BCUT2D eigenvalue weighted by Crippen LogP contribution is -2.67. The average molecular weight is 609 g/mol. The summed E-state index contributed by atoms with van der Waals surface area (Å²) in [6.07, 6.45) is 0.414. The van der Waals surface area contributed by atoms with E-state index in [-0.39, 0.29) is 49.4 Å². The lowest BCUT2D eigenvalue weighted by molar-refractivity contribution is -0.163. The largest absolute Gasteiger partial charge is 0.480 e. The smallest absolute Gasteiger partial charge is 0.323 e. The van der Waals surface area contributed by atoms with E-state index in [9.17, 15) is 29.1 Å². The highest BCUT2D eigenvalue weighted by atomic mass is 16.4. The quantitative estimate of drug-likeness (QED) is 0.0873. The first-order chi connectivity index (χ1) is 20.8. The van der Waals surface area contributed by atoms with Crippen LogP contribution in [0.2, 0.25) is 0 Å². The Hall–Kier alpha value is -5.67. The van der Waals surface area contributed by atoms with E-state index < -0.39 is 42.3 Å². The maximum absolute atomic E-state index is 13.5. The minimum absolute atomic E-state index is 0.0131. The van der Waals surface area contributed by atoms with Crippen molar-refractivity contribution in [1.82, 2.24) is 20.4 Å². The number of piperazine rings is 1. The molecule has 1 saturated heterocycles. The van der Waals surface area contributed by atoms with Crippen LogP contribution in [-0.4, -0.2) is 94.7 Å². The van der Waals surface area contributed by atoms with Crippen molar-refractivity contribution >= 4 is 52.9 Å². The van der Waals surface area contributed by atoms with Crippen molar-refractivity contribution in [2.45, 2.75) is 25.3 Å². The van der Waals surface area contributed by atoms with Crippen molar-refractivity contribution in [2.75, 3.05) is 32.7 Å². The summed E-state index contributed by atoms with van der Waals surface area (Å²) in [5, 5.41) is 14.6. The summed E-state index contributed by atoms with van der Waals surface area (Å²) in [5.41, 5.74) is 21.6. The van der Waals surface area contributed by atoms with Crippen molar-refractivity contribution < 1.29 is 29.1 Å². The van der Waals surface area contributed by atoms with Crippen LogP contribution in [0.15, 0.2) is 58.5 Å². The summed E-state index contributed by atoms with van der Waals surface area (Å²) in [6, 6.07) is 12.3. The number of nitrogens with zero attached hydrogens (tertiary/aromatic N) is 4. The van der Waals surface area contributed by atoms with Crippen molar-refractivity contribution in [1.29, 1.82) is 0 Å². The highest BCUT2D eigenvalue weighted by molar-refractivity contribution is 5.99. The molecule has 2 aromatic carbocycles. The molecule has 0 spiro atoms. The van der Waals surface area contributed by atoms with Gasteiger partial charge in [-0.15, -0.1) is 0 Å². The summed E-state index contributed by atoms with van der Waals surface area (Å²) < 4.78 is 0. The van der Waals surface area contributed by atoms with Crippen molar-refractivity contribution in [3.63, 3.8) is 0 Å². The van der Waals surface area contributed by atoms with Crippen molar-refractivity contribution in [3.8, 4) is 0 Å². The summed E-state index contributed by atoms with van der Waals surface area (Å²) >= 11 is 0. The molecule has 0 saturated carbocycles. The number of nitrogens with one attached hydrogen (secondary N) is 2. The second-order valence-electron chi connectivity index (χ2n) is 10.1. The molecule has 4 amide bonds. The molecule has 11 N–H and O–H groups in total. The normalized spacial score (nSPS) is 16.1. The van der Waals surface area contributed by atoms with Gasteiger partial charge in [0.1, 0.15) is 12.1 Å². The van der Waals surface area contributed by atoms with Crippen LogP contribution in [0.3, 0.4) is 0 Å². The molecule has 3 rings (SSSR count). The predicted molar refractivity (Wildman–Crippen MR) is 162 cm³/mol. The van der Waals surface area contributed by atoms with E-state index in [1.165, 1.54) is 34.1 Å². The standard InChI is InChI=1S/C28H36N10O6/c1-28(11-2-12-33-23(42)17-3-7-19(8-4-17)35-26(29)30)25(44)37(16-22(40)41)13-14-38(28)21(39)15-34-24(43)18-5-9-20(10-6-18)36-27(31)32/h3-10H,2,11-16H2,1H3,(H,33,42)(H,34,43)(H,40,41)(H4,29,30,35)(H4,31,32,36)/t28-/m0/s1. The zero-order chi connectivity index (χ0) is 32.4. The number of aliphatic carboxylic acids is 1. The molecule has 16 nitrogen and oxygen atoms in total. The van der Waals surface area contributed by atoms with Gasteiger partial charge in [0, 0.05) is 30.8 Å². The first-order valence-corrected chi connectivity index (χ1v) is 13.6. The topological polar surface area (TPSA) is 265 Å². The Morgan fingerprint density at radius 1 is 0.841 bits per heavy atom. The van der Waals surface area contributed by atoms with Crippen LogP contribution < -0.4 is 33.6 Å². The molecule has 234 valence electrons. The number of carbonyl (C=O) groups excluding carboxylic acids is 4. The van der Waals surface area contributed by atoms with Gasteiger partial charge in [-0.3, -0.25) is 24.0 Å². The minimum atomic E-state index is -1.41. The van der Waals surface area contributed by atoms with Gasteiger partial charge >= 0.3 is 5.97 Å². The average Bonchev–Trinajstić information content (AvgIpc) is 2.96. The summed E-state index contributed by atoms with van der Waals surface area (Å²) in [7, 11) is 0. The molecule has 44 heavy (non-hydrogen) atoms. The first kappa shape index (κ1) is 32.8. The number of hydrogen-bond donors (Lipinski definition) is 7. The van der Waals surface area contributed by atoms with Gasteiger partial charge in [0.2, 0.25) is 11.8 Å². The second kappa shape index (κ2) is 14.5. The van der Waals surface area contributed by atoms with Gasteiger partial charge in [0.25, 0.3) is 11.8 Å². The number of carboxylic acid groups (broad SMARTS) is 1. The molecule has 1 heterocycles. The first-order valence-electron chi connectivity index (χ1n) is 13.6. The number of aliphatic imine (C=N–C) groups is 2. The van der Waals surface area contributed by atoms with Crippen LogP contribution in [0.4, 0.5) is 11.4 Å². The van der Waals surface area contributed by atoms with E-state index >= 15 is 0 Å². The fourth-order valence-electron chi connectivity index (χ4n) is 4.74. The Kier molecular flexibility index (Phi) is 10.8. The third-order valence-electron chi connectivity index (χ3n) is 6.87. The number of guanidine groups is 2. The summed E-state index contributed by atoms with van der Waals surface area (Å²) in [6.45, 7) is 0.879. The summed E-state index contributed by atoms with van der Waals surface area (Å²) in [5.74, 6) is -3.38. The zero-order valence-corrected chi connectivity index (χ0v) is 24.2. The highest BCUT2D eigenvalue weighted by Gasteiger charge is 2.47. The fraction of sp³-hybridized carbons (Fsp3) is 0.321. The number of carboxylic acids is 1. The van der Waals surface area contributed by atoms with Gasteiger partial charge in [-0.1, -0.05) is 0 Å². The molecule has 0 bridgehead atoms. The molecule has 2 aromatic rings. The van der Waals surface area contributed by atoms with E-state index in [0.717, 1.165) is 0 Å². The number of benzene rings is 2. The van der Waals surface area contributed by atoms with Gasteiger partial charge in [0.05, 0.1) is 17.9 Å². The number of amides is 4. The molecule has 1 atom stereocenters. The SMILES string of the molecule is C[C@]1(CCCNC(=O)c2ccc(N=C(N)N)cc2)C(=O)N(CC(=O)O)CCN1C(=O)CNC(=O)c1ccc(N=C(N)N)cc1. The van der Waals surface area contributed by atoms with Crippen LogP contribution in [0.1, 0.15) is 40.5 Å². The van der Waals surface area contributed by atoms with E-state index in [4.69, 9.17) is 22.9 Å². The zero-order valence-electron chi connectivity index (χ0n) is 24.2. The molecule has 0 unspecified atom stereocenters. The third kappa shape index (κ3) is 8.67. The Balaban J connectivity index is 1.64. The van der Waals surface area contributed by atoms with Gasteiger partial charge in [-0.2, -0.15) is 0 Å². The number of rotatable bonds is 12. The van der Waals surface area contributed by atoms with Crippen LogP contribution in [0, 0.1) is 0 Å². The van der Waals surface area contributed by atoms with Crippen LogP contribution in [0.5, 0.6) is 0 Å². The highest BCUT2D eigenvalue weighted by Crippen LogP contribution is 2.28. The molecule has 0 radical (unpaired) electrons. The Labute approximate surface area is 253 Å². The van der Waals surface area contributed by atoms with Gasteiger partial charge in [-0.25, -0.2) is 9.98 Å². The van der Waals surface area contributed by atoms with E-state index in [0.29, 0.717) is 23.4 Å². The van der Waals surface area contributed by atoms with Crippen LogP contribution in [0.25, 0.3) is 0 Å². The monoisotopic (exact) mass is 608 g/mol. The molecule has 16 heteroatoms. The molecular weight excluding hydrogens is 572 g/mol. The van der Waals surface area contributed by atoms with Crippen molar-refractivity contribution in [2.24, 2.45) is 32.9 Å². The number of nitrogens with two attached hydrogens (primary N) is 4. The Bertz CT molecular complexity index is 1450. The maximum atomic E-state index is 13.5. The number of carbonyl (C=O) groups is 5. The fourth-order valence-corrected chi connectivity index (χ4v) is 4.74.